The van der Waals surface area contributed by atoms with Gasteiger partial charge in [-0.15, -0.1) is 0 Å². The van der Waals surface area contributed by atoms with Crippen LogP contribution in [0.5, 0.6) is 0 Å². The lowest BCUT2D eigenvalue weighted by Gasteiger charge is -2.29. The third-order valence-corrected chi connectivity index (χ3v) is 3.02. The summed E-state index contributed by atoms with van der Waals surface area (Å²) in [4.78, 5) is 4.16. The van der Waals surface area contributed by atoms with E-state index in [4.69, 9.17) is 5.26 Å². The van der Waals surface area contributed by atoms with Gasteiger partial charge in [0.15, 0.2) is 0 Å². The Kier molecular flexibility index (Phi) is 3.79. The minimum atomic E-state index is -0.609. The molecule has 0 aliphatic heterocycles. The predicted octanol–water partition coefficient (Wildman–Crippen LogP) is 2.27. The molecule has 4 nitrogen and oxygen atoms in total. The van der Waals surface area contributed by atoms with Crippen molar-refractivity contribution < 1.29 is 5.11 Å². The molecule has 1 aromatic carbocycles. The van der Waals surface area contributed by atoms with Gasteiger partial charge in [-0.2, -0.15) is 5.26 Å². The lowest BCUT2D eigenvalue weighted by atomic mass is 9.93. The van der Waals surface area contributed by atoms with Crippen molar-refractivity contribution in [2.45, 2.75) is 12.5 Å². The van der Waals surface area contributed by atoms with Crippen molar-refractivity contribution in [3.8, 4) is 6.07 Å². The number of nitriles is 1. The highest BCUT2D eigenvalue weighted by Crippen LogP contribution is 2.24. The van der Waals surface area contributed by atoms with Crippen LogP contribution in [0.25, 0.3) is 0 Å². The molecule has 0 saturated carbocycles. The Morgan fingerprint density at radius 3 is 2.53 bits per heavy atom. The van der Waals surface area contributed by atoms with Crippen LogP contribution < -0.4 is 5.32 Å². The second-order valence-electron chi connectivity index (χ2n) is 4.53. The molecule has 0 fully saturated rings. The van der Waals surface area contributed by atoms with Crippen molar-refractivity contribution in [3.05, 3.63) is 59.8 Å². The fraction of sp³-hybridized carbons (Fsp3) is 0.200. The topological polar surface area (TPSA) is 68.9 Å². The van der Waals surface area contributed by atoms with E-state index < -0.39 is 5.54 Å². The first-order valence-electron chi connectivity index (χ1n) is 5.99. The summed E-state index contributed by atoms with van der Waals surface area (Å²) < 4.78 is 0. The normalized spacial score (nSPS) is 13.3. The van der Waals surface area contributed by atoms with Crippen LogP contribution >= 0.6 is 0 Å². The summed E-state index contributed by atoms with van der Waals surface area (Å²) in [5, 5.41) is 21.6. The molecular formula is C15H15N3O. The third kappa shape index (κ3) is 2.90. The summed E-state index contributed by atoms with van der Waals surface area (Å²) >= 11 is 0. The van der Waals surface area contributed by atoms with Crippen LogP contribution in [-0.4, -0.2) is 16.7 Å². The molecule has 0 saturated heterocycles. The van der Waals surface area contributed by atoms with Gasteiger partial charge in [-0.05, 0) is 24.6 Å². The van der Waals surface area contributed by atoms with E-state index in [2.05, 4.69) is 10.3 Å². The van der Waals surface area contributed by atoms with Crippen molar-refractivity contribution in [1.29, 1.82) is 5.26 Å². The van der Waals surface area contributed by atoms with E-state index in [-0.39, 0.29) is 6.61 Å². The predicted molar refractivity (Wildman–Crippen MR) is 73.5 cm³/mol. The molecule has 4 heteroatoms. The monoisotopic (exact) mass is 253 g/mol. The van der Waals surface area contributed by atoms with Gasteiger partial charge < -0.3 is 10.4 Å². The first-order chi connectivity index (χ1) is 9.18. The highest BCUT2D eigenvalue weighted by atomic mass is 16.3. The number of aliphatic hydroxyl groups is 1. The Bertz CT molecular complexity index is 575. The van der Waals surface area contributed by atoms with E-state index >= 15 is 0 Å². The van der Waals surface area contributed by atoms with E-state index in [0.717, 1.165) is 5.56 Å². The molecule has 0 radical (unpaired) electrons. The molecule has 2 rings (SSSR count). The molecule has 1 unspecified atom stereocenters. The molecule has 0 aliphatic rings. The van der Waals surface area contributed by atoms with Gasteiger partial charge >= 0.3 is 0 Å². The van der Waals surface area contributed by atoms with Crippen molar-refractivity contribution in [3.63, 3.8) is 0 Å². The summed E-state index contributed by atoms with van der Waals surface area (Å²) in [6.07, 6.45) is 1.51. The zero-order valence-electron chi connectivity index (χ0n) is 10.7. The van der Waals surface area contributed by atoms with E-state index in [1.165, 1.54) is 6.20 Å². The molecule has 2 N–H and O–H groups in total. The van der Waals surface area contributed by atoms with Gasteiger partial charge in [0.2, 0.25) is 0 Å². The van der Waals surface area contributed by atoms with Crippen LogP contribution in [0, 0.1) is 11.3 Å². The SMILES string of the molecule is CC(CO)(Nc1ccc(C#N)cn1)c1ccccc1. The lowest BCUT2D eigenvalue weighted by molar-refractivity contribution is 0.223. The first-order valence-corrected chi connectivity index (χ1v) is 5.99. The molecule has 0 spiro atoms. The standard InChI is InChI=1S/C15H15N3O/c1-15(11-19,13-5-3-2-4-6-13)18-14-8-7-12(9-16)10-17-14/h2-8,10,19H,11H2,1H3,(H,17,18). The number of rotatable bonds is 4. The summed E-state index contributed by atoms with van der Waals surface area (Å²) in [5.41, 5.74) is 0.877. The Morgan fingerprint density at radius 1 is 1.26 bits per heavy atom. The summed E-state index contributed by atoms with van der Waals surface area (Å²) in [5.74, 6) is 0.624. The number of aromatic nitrogens is 1. The quantitative estimate of drug-likeness (QED) is 0.877. The van der Waals surface area contributed by atoms with Gasteiger partial charge in [0.25, 0.3) is 0 Å². The number of aliphatic hydroxyl groups excluding tert-OH is 1. The number of nitrogens with one attached hydrogen (secondary N) is 1. The van der Waals surface area contributed by atoms with E-state index in [1.54, 1.807) is 12.1 Å². The van der Waals surface area contributed by atoms with Crippen LogP contribution in [0.4, 0.5) is 5.82 Å². The molecular weight excluding hydrogens is 238 g/mol. The third-order valence-electron chi connectivity index (χ3n) is 3.02. The van der Waals surface area contributed by atoms with Gasteiger partial charge in [0, 0.05) is 6.20 Å². The Morgan fingerprint density at radius 2 is 2.00 bits per heavy atom. The smallest absolute Gasteiger partial charge is 0.126 e. The number of nitrogens with zero attached hydrogens (tertiary/aromatic N) is 2. The average Bonchev–Trinajstić information content (AvgIpc) is 2.49. The van der Waals surface area contributed by atoms with Gasteiger partial charge in [-0.1, -0.05) is 30.3 Å². The Hall–Kier alpha value is -2.38. The molecule has 1 heterocycles. The summed E-state index contributed by atoms with van der Waals surface area (Å²) in [7, 11) is 0. The van der Waals surface area contributed by atoms with Gasteiger partial charge in [-0.25, -0.2) is 4.98 Å². The van der Waals surface area contributed by atoms with Crippen LogP contribution in [0.1, 0.15) is 18.1 Å². The number of pyridine rings is 1. The van der Waals surface area contributed by atoms with E-state index in [9.17, 15) is 5.11 Å². The summed E-state index contributed by atoms with van der Waals surface area (Å²) in [6, 6.07) is 15.1. The van der Waals surface area contributed by atoms with Crippen LogP contribution in [-0.2, 0) is 5.54 Å². The minimum Gasteiger partial charge on any atom is -0.394 e. The largest absolute Gasteiger partial charge is 0.394 e. The number of benzene rings is 1. The zero-order valence-corrected chi connectivity index (χ0v) is 10.7. The minimum absolute atomic E-state index is 0.0569. The number of hydrogen-bond acceptors (Lipinski definition) is 4. The fourth-order valence-corrected chi connectivity index (χ4v) is 1.83. The Balaban J connectivity index is 2.25. The van der Waals surface area contributed by atoms with Gasteiger partial charge in [0.05, 0.1) is 17.7 Å². The molecule has 1 aromatic heterocycles. The highest BCUT2D eigenvalue weighted by Gasteiger charge is 2.25. The summed E-state index contributed by atoms with van der Waals surface area (Å²) in [6.45, 7) is 1.85. The van der Waals surface area contributed by atoms with Crippen LogP contribution in [0.2, 0.25) is 0 Å². The molecule has 96 valence electrons. The molecule has 19 heavy (non-hydrogen) atoms. The van der Waals surface area contributed by atoms with Crippen molar-refractivity contribution in [2.75, 3.05) is 11.9 Å². The van der Waals surface area contributed by atoms with Gasteiger partial charge in [-0.3, -0.25) is 0 Å². The molecule has 1 atom stereocenters. The van der Waals surface area contributed by atoms with E-state index in [1.807, 2.05) is 43.3 Å². The van der Waals surface area contributed by atoms with Crippen molar-refractivity contribution in [2.24, 2.45) is 0 Å². The fourth-order valence-electron chi connectivity index (χ4n) is 1.83. The lowest BCUT2D eigenvalue weighted by Crippen LogP contribution is -2.36. The first kappa shape index (κ1) is 13.1. The van der Waals surface area contributed by atoms with E-state index in [0.29, 0.717) is 11.4 Å². The molecule has 0 amide bonds. The maximum atomic E-state index is 9.66. The van der Waals surface area contributed by atoms with Crippen molar-refractivity contribution in [1.82, 2.24) is 4.98 Å². The highest BCUT2D eigenvalue weighted by molar-refractivity contribution is 5.44. The Labute approximate surface area is 112 Å². The second kappa shape index (κ2) is 5.51. The zero-order chi connectivity index (χ0) is 13.7. The maximum Gasteiger partial charge on any atom is 0.126 e. The second-order valence-corrected chi connectivity index (χ2v) is 4.53. The average molecular weight is 253 g/mol. The number of hydrogen-bond donors (Lipinski definition) is 2. The molecule has 0 bridgehead atoms. The molecule has 0 aliphatic carbocycles. The van der Waals surface area contributed by atoms with Gasteiger partial charge in [0.1, 0.15) is 11.9 Å². The molecule has 2 aromatic rings. The van der Waals surface area contributed by atoms with Crippen LogP contribution in [0.3, 0.4) is 0 Å². The van der Waals surface area contributed by atoms with Crippen molar-refractivity contribution >= 4 is 5.82 Å². The van der Waals surface area contributed by atoms with Crippen LogP contribution in [0.15, 0.2) is 48.7 Å². The number of anilines is 1. The maximum absolute atomic E-state index is 9.66.